The number of H-pyrrole nitrogens is 1. The highest BCUT2D eigenvalue weighted by atomic mass is 32.2. The van der Waals surface area contributed by atoms with E-state index in [-0.39, 0.29) is 0 Å². The van der Waals surface area contributed by atoms with Gasteiger partial charge in [0.05, 0.1) is 10.5 Å². The molecular weight excluding hydrogens is 198 g/mol. The van der Waals surface area contributed by atoms with E-state index in [9.17, 15) is 0 Å². The minimum atomic E-state index is 0.585. The van der Waals surface area contributed by atoms with Crippen LogP contribution in [-0.4, -0.2) is 20.2 Å². The lowest BCUT2D eigenvalue weighted by atomic mass is 10.3. The summed E-state index contributed by atoms with van der Waals surface area (Å²) in [6.07, 6.45) is 4.64. The summed E-state index contributed by atoms with van der Waals surface area (Å²) in [6, 6.07) is 3.75. The number of hydrogen-bond acceptors (Lipinski definition) is 5. The molecule has 0 spiro atoms. The Balaban J connectivity index is 2.30. The van der Waals surface area contributed by atoms with Crippen LogP contribution in [0.4, 0.5) is 0 Å². The fourth-order valence-corrected chi connectivity index (χ4v) is 1.64. The Morgan fingerprint density at radius 1 is 1.50 bits per heavy atom. The Labute approximate surface area is 84.2 Å². The van der Waals surface area contributed by atoms with Gasteiger partial charge < -0.3 is 0 Å². The molecule has 1 N–H and O–H groups in total. The first kappa shape index (κ1) is 8.72. The van der Waals surface area contributed by atoms with Crippen LogP contribution < -0.4 is 0 Å². The highest BCUT2D eigenvalue weighted by molar-refractivity contribution is 7.99. The van der Waals surface area contributed by atoms with Crippen molar-refractivity contribution in [3.05, 3.63) is 30.4 Å². The molecule has 0 saturated heterocycles. The molecule has 2 aromatic heterocycles. The van der Waals surface area contributed by atoms with Crippen molar-refractivity contribution in [2.45, 2.75) is 10.1 Å². The molecule has 0 aromatic carbocycles. The smallest absolute Gasteiger partial charge is 0.188 e. The quantitative estimate of drug-likeness (QED) is 0.794. The Hall–Kier alpha value is -1.87. The van der Waals surface area contributed by atoms with E-state index < -0.39 is 0 Å². The maximum Gasteiger partial charge on any atom is 0.188 e. The van der Waals surface area contributed by atoms with Crippen molar-refractivity contribution in [3.63, 3.8) is 0 Å². The molecule has 0 aliphatic rings. The first-order chi connectivity index (χ1) is 6.90. The normalized spacial score (nSPS) is 9.64. The summed E-state index contributed by atoms with van der Waals surface area (Å²) in [6.45, 7) is 0. The second-order valence-corrected chi connectivity index (χ2v) is 3.41. The monoisotopic (exact) mass is 203 g/mol. The molecule has 0 atom stereocenters. The Kier molecular flexibility index (Phi) is 2.42. The van der Waals surface area contributed by atoms with Gasteiger partial charge in [-0.25, -0.2) is 4.98 Å². The number of nitrogens with one attached hydrogen (secondary N) is 1. The van der Waals surface area contributed by atoms with Crippen LogP contribution in [0, 0.1) is 11.3 Å². The zero-order valence-corrected chi connectivity index (χ0v) is 7.82. The predicted octanol–water partition coefficient (Wildman–Crippen LogP) is 1.22. The minimum Gasteiger partial charge on any atom is -0.263 e. The van der Waals surface area contributed by atoms with Crippen molar-refractivity contribution < 1.29 is 0 Å². The summed E-state index contributed by atoms with van der Waals surface area (Å²) in [5, 5.41) is 15.9. The van der Waals surface area contributed by atoms with Gasteiger partial charge >= 0.3 is 0 Å². The summed E-state index contributed by atoms with van der Waals surface area (Å²) in [4.78, 5) is 8.66. The van der Waals surface area contributed by atoms with Crippen molar-refractivity contribution in [2.75, 3.05) is 0 Å². The van der Waals surface area contributed by atoms with Crippen molar-refractivity contribution in [1.29, 1.82) is 5.26 Å². The highest BCUT2D eigenvalue weighted by Crippen LogP contribution is 2.25. The van der Waals surface area contributed by atoms with Crippen LogP contribution >= 0.6 is 11.8 Å². The zero-order chi connectivity index (χ0) is 9.80. The molecule has 0 saturated carbocycles. The third-order valence-electron chi connectivity index (χ3n) is 1.50. The van der Waals surface area contributed by atoms with Crippen LogP contribution in [0.25, 0.3) is 0 Å². The van der Waals surface area contributed by atoms with Gasteiger partial charge in [0.15, 0.2) is 5.16 Å². The maximum atomic E-state index is 8.81. The molecule has 0 amide bonds. The highest BCUT2D eigenvalue weighted by Gasteiger charge is 2.05. The molecule has 2 rings (SSSR count). The van der Waals surface area contributed by atoms with Crippen molar-refractivity contribution in [3.8, 4) is 6.07 Å². The molecule has 0 fully saturated rings. The third kappa shape index (κ3) is 1.72. The van der Waals surface area contributed by atoms with Crippen LogP contribution in [0.1, 0.15) is 5.56 Å². The zero-order valence-electron chi connectivity index (χ0n) is 7.01. The van der Waals surface area contributed by atoms with Crippen LogP contribution in [0.2, 0.25) is 0 Å². The second-order valence-electron chi connectivity index (χ2n) is 2.38. The number of aromatic amines is 1. The summed E-state index contributed by atoms with van der Waals surface area (Å²) in [5.41, 5.74) is 0.585. The van der Waals surface area contributed by atoms with E-state index in [0.717, 1.165) is 4.90 Å². The van der Waals surface area contributed by atoms with Gasteiger partial charge in [-0.05, 0) is 17.8 Å². The van der Waals surface area contributed by atoms with E-state index in [2.05, 4.69) is 26.2 Å². The predicted molar refractivity (Wildman–Crippen MR) is 49.5 cm³/mol. The fraction of sp³-hybridized carbons (Fsp3) is 0. The van der Waals surface area contributed by atoms with E-state index in [4.69, 9.17) is 5.26 Å². The van der Waals surface area contributed by atoms with Crippen molar-refractivity contribution >= 4 is 11.8 Å². The number of hydrogen-bond donors (Lipinski definition) is 1. The molecule has 0 aliphatic carbocycles. The number of aromatic nitrogens is 4. The van der Waals surface area contributed by atoms with Gasteiger partial charge in [0.2, 0.25) is 0 Å². The number of nitrogens with zero attached hydrogens (tertiary/aromatic N) is 4. The van der Waals surface area contributed by atoms with Gasteiger partial charge in [0.1, 0.15) is 12.4 Å². The molecular formula is C8H5N5S. The van der Waals surface area contributed by atoms with Gasteiger partial charge in [-0.1, -0.05) is 0 Å². The third-order valence-corrected chi connectivity index (χ3v) is 2.44. The summed E-state index contributed by atoms with van der Waals surface area (Å²) in [5.74, 6) is 0. The summed E-state index contributed by atoms with van der Waals surface area (Å²) in [7, 11) is 0. The topological polar surface area (TPSA) is 78.2 Å². The van der Waals surface area contributed by atoms with Gasteiger partial charge in [-0.15, -0.1) is 0 Å². The van der Waals surface area contributed by atoms with Gasteiger partial charge in [-0.3, -0.25) is 10.1 Å². The number of pyridine rings is 1. The molecule has 0 radical (unpaired) electrons. The molecule has 14 heavy (non-hydrogen) atoms. The van der Waals surface area contributed by atoms with Gasteiger partial charge in [0.25, 0.3) is 0 Å². The van der Waals surface area contributed by atoms with Crippen LogP contribution in [0.5, 0.6) is 0 Å². The first-order valence-corrected chi connectivity index (χ1v) is 4.59. The van der Waals surface area contributed by atoms with E-state index in [1.165, 1.54) is 18.1 Å². The van der Waals surface area contributed by atoms with Crippen molar-refractivity contribution in [2.24, 2.45) is 0 Å². The lowest BCUT2D eigenvalue weighted by molar-refractivity contribution is 0.972. The lowest BCUT2D eigenvalue weighted by Gasteiger charge is -1.97. The molecule has 0 aliphatic heterocycles. The van der Waals surface area contributed by atoms with Crippen molar-refractivity contribution in [1.82, 2.24) is 20.2 Å². The molecule has 2 aromatic rings. The Morgan fingerprint density at radius 3 is 3.14 bits per heavy atom. The standard InChI is InChI=1S/C8H5N5S/c9-3-6-1-2-10-4-7(6)14-8-11-5-12-13-8/h1-2,4-5H,(H,11,12,13). The first-order valence-electron chi connectivity index (χ1n) is 3.77. The molecule has 0 bridgehead atoms. The molecule has 6 heteroatoms. The minimum absolute atomic E-state index is 0.585. The fourth-order valence-electron chi connectivity index (χ4n) is 0.901. The van der Waals surface area contributed by atoms with Crippen LogP contribution in [-0.2, 0) is 0 Å². The Morgan fingerprint density at radius 2 is 2.43 bits per heavy atom. The average Bonchev–Trinajstić information content (AvgIpc) is 2.71. The SMILES string of the molecule is N#Cc1ccncc1Sc1ncn[nH]1. The molecule has 68 valence electrons. The maximum absolute atomic E-state index is 8.81. The summed E-state index contributed by atoms with van der Waals surface area (Å²) >= 11 is 1.33. The molecule has 2 heterocycles. The van der Waals surface area contributed by atoms with E-state index >= 15 is 0 Å². The van der Waals surface area contributed by atoms with E-state index in [1.54, 1.807) is 18.5 Å². The van der Waals surface area contributed by atoms with E-state index in [1.807, 2.05) is 0 Å². The molecule has 5 nitrogen and oxygen atoms in total. The number of nitriles is 1. The van der Waals surface area contributed by atoms with Crippen LogP contribution in [0.3, 0.4) is 0 Å². The second kappa shape index (κ2) is 3.89. The average molecular weight is 203 g/mol. The number of rotatable bonds is 2. The van der Waals surface area contributed by atoms with E-state index in [0.29, 0.717) is 10.7 Å². The van der Waals surface area contributed by atoms with Gasteiger partial charge in [0, 0.05) is 12.4 Å². The van der Waals surface area contributed by atoms with Gasteiger partial charge in [-0.2, -0.15) is 10.4 Å². The molecule has 0 unspecified atom stereocenters. The lowest BCUT2D eigenvalue weighted by Crippen LogP contribution is -1.83. The largest absolute Gasteiger partial charge is 0.263 e. The Bertz CT molecular complexity index is 459. The summed E-state index contributed by atoms with van der Waals surface area (Å²) < 4.78 is 0. The van der Waals surface area contributed by atoms with Crippen LogP contribution in [0.15, 0.2) is 34.8 Å².